The van der Waals surface area contributed by atoms with Crippen molar-refractivity contribution in [1.82, 2.24) is 19.5 Å². The average Bonchev–Trinajstić information content (AvgIpc) is 3.01. The molecule has 0 amide bonds. The van der Waals surface area contributed by atoms with Gasteiger partial charge in [0.2, 0.25) is 0 Å². The second kappa shape index (κ2) is 8.33. The summed E-state index contributed by atoms with van der Waals surface area (Å²) in [6.07, 6.45) is -2.49. The zero-order valence-corrected chi connectivity index (χ0v) is 15.9. The molecule has 0 aliphatic carbocycles. The van der Waals surface area contributed by atoms with Crippen LogP contribution in [0.5, 0.6) is 0 Å². The predicted octanol–water partition coefficient (Wildman–Crippen LogP) is -3.07. The molecule has 1 aliphatic rings. The number of aromatic nitrogens is 4. The van der Waals surface area contributed by atoms with Crippen molar-refractivity contribution in [2.24, 2.45) is 0 Å². The van der Waals surface area contributed by atoms with E-state index in [1.54, 1.807) is 0 Å². The molecule has 135 valence electrons. The second-order valence-corrected chi connectivity index (χ2v) is 6.15. The Balaban J connectivity index is 0.00000156. The van der Waals surface area contributed by atoms with Crippen molar-refractivity contribution in [2.45, 2.75) is 24.5 Å². The number of nitrogen functional groups attached to an aromatic ring is 1. The van der Waals surface area contributed by atoms with Gasteiger partial charge in [0.25, 0.3) is 0 Å². The number of anilines is 1. The van der Waals surface area contributed by atoms with Gasteiger partial charge >= 0.3 is 7.82 Å². The summed E-state index contributed by atoms with van der Waals surface area (Å²) in [7, 11) is -4.72. The molecule has 8 N–H and O–H groups in total. The summed E-state index contributed by atoms with van der Waals surface area (Å²) in [5.74, 6) is 0.142. The molecule has 1 fully saturated rings. The number of rotatable bonds is 4. The third-order valence-corrected chi connectivity index (χ3v) is 3.89. The Morgan fingerprint density at radius 1 is 1.28 bits per heavy atom. The topological polar surface area (TPSA) is 218 Å². The summed E-state index contributed by atoms with van der Waals surface area (Å²) in [5, 5.41) is 20.1. The van der Waals surface area contributed by atoms with E-state index >= 15 is 0 Å². The number of hydrogen-bond donors (Lipinski definition) is 5. The molecular weight excluding hydrogens is 372 g/mol. The summed E-state index contributed by atoms with van der Waals surface area (Å²) < 4.78 is 21.8. The molecule has 0 aromatic carbocycles. The van der Waals surface area contributed by atoms with Crippen LogP contribution in [0, 0.1) is 0 Å². The molecule has 0 spiro atoms. The molecule has 4 atom stereocenters. The molecule has 0 unspecified atom stereocenters. The molecule has 0 bridgehead atoms. The minimum atomic E-state index is -4.72. The van der Waals surface area contributed by atoms with Crippen LogP contribution in [0.2, 0.25) is 0 Å². The van der Waals surface area contributed by atoms with Gasteiger partial charge in [-0.05, 0) is 0 Å². The van der Waals surface area contributed by atoms with Gasteiger partial charge in [-0.3, -0.25) is 9.09 Å². The van der Waals surface area contributed by atoms with Crippen LogP contribution in [0.3, 0.4) is 0 Å². The smallest absolute Gasteiger partial charge is 0.412 e. The Labute approximate surface area is 162 Å². The first-order valence-electron chi connectivity index (χ1n) is 6.42. The zero-order valence-electron chi connectivity index (χ0n) is 13.0. The zero-order chi connectivity index (χ0) is 16.8. The Morgan fingerprint density at radius 3 is 2.60 bits per heavy atom. The average molecular weight is 388 g/mol. The van der Waals surface area contributed by atoms with Gasteiger partial charge in [-0.15, -0.1) is 0 Å². The third-order valence-electron chi connectivity index (χ3n) is 3.41. The molecule has 13 nitrogen and oxygen atoms in total. The van der Waals surface area contributed by atoms with Crippen LogP contribution >= 0.6 is 7.82 Å². The van der Waals surface area contributed by atoms with Gasteiger partial charge in [-0.2, -0.15) is 0 Å². The van der Waals surface area contributed by atoms with Crippen molar-refractivity contribution in [3.05, 3.63) is 12.7 Å². The van der Waals surface area contributed by atoms with Crippen LogP contribution in [-0.2, 0) is 13.8 Å². The van der Waals surface area contributed by atoms with Crippen LogP contribution in [0.15, 0.2) is 12.7 Å². The normalized spacial score (nSPS) is 26.2. The van der Waals surface area contributed by atoms with Crippen molar-refractivity contribution >= 4 is 54.4 Å². The number of fused-ring (bicyclic) bond motifs is 1. The molecule has 3 heterocycles. The van der Waals surface area contributed by atoms with Crippen LogP contribution in [0.4, 0.5) is 5.82 Å². The molecule has 1 saturated heterocycles. The van der Waals surface area contributed by atoms with E-state index in [-0.39, 0.29) is 46.5 Å². The van der Waals surface area contributed by atoms with E-state index < -0.39 is 39.0 Å². The molecule has 1 radical (unpaired) electrons. The van der Waals surface area contributed by atoms with Gasteiger partial charge < -0.3 is 35.9 Å². The van der Waals surface area contributed by atoms with Crippen LogP contribution in [-0.4, -0.2) is 99.5 Å². The molecule has 0 saturated carbocycles. The van der Waals surface area contributed by atoms with E-state index in [9.17, 15) is 14.8 Å². The Hall–Kier alpha value is -0.700. The number of aliphatic hydroxyl groups is 2. The van der Waals surface area contributed by atoms with E-state index in [0.717, 1.165) is 0 Å². The van der Waals surface area contributed by atoms with Crippen molar-refractivity contribution in [3.8, 4) is 0 Å². The molecule has 2 aromatic rings. The van der Waals surface area contributed by atoms with Gasteiger partial charge in [0.05, 0.1) is 12.9 Å². The van der Waals surface area contributed by atoms with E-state index in [2.05, 4.69) is 19.5 Å². The molecule has 2 aromatic heterocycles. The van der Waals surface area contributed by atoms with Crippen LogP contribution in [0.1, 0.15) is 6.23 Å². The van der Waals surface area contributed by atoms with E-state index in [1.165, 1.54) is 17.2 Å². The van der Waals surface area contributed by atoms with Gasteiger partial charge in [0, 0.05) is 29.6 Å². The SMILES string of the molecule is Nc1ncnc2c1ncn2[C@@H]1O[C@H](COP(=O)(O)O)[C@@H](O)[C@H]1O.O.[Na]. The first-order valence-corrected chi connectivity index (χ1v) is 7.95. The fourth-order valence-corrected chi connectivity index (χ4v) is 2.66. The Kier molecular flexibility index (Phi) is 7.44. The summed E-state index contributed by atoms with van der Waals surface area (Å²) in [6, 6.07) is 0. The number of imidazole rings is 1. The largest absolute Gasteiger partial charge is 0.469 e. The predicted molar refractivity (Wildman–Crippen MR) is 83.0 cm³/mol. The fourth-order valence-electron chi connectivity index (χ4n) is 2.32. The van der Waals surface area contributed by atoms with Crippen LogP contribution in [0.25, 0.3) is 11.2 Å². The second-order valence-electron chi connectivity index (χ2n) is 4.92. The fraction of sp³-hybridized carbons (Fsp3) is 0.500. The number of phosphoric acid groups is 1. The summed E-state index contributed by atoms with van der Waals surface area (Å²) in [5.41, 5.74) is 6.25. The van der Waals surface area contributed by atoms with E-state index in [1.807, 2.05) is 0 Å². The first kappa shape index (κ1) is 22.3. The van der Waals surface area contributed by atoms with Crippen molar-refractivity contribution in [1.29, 1.82) is 0 Å². The Morgan fingerprint density at radius 2 is 1.96 bits per heavy atom. The first-order chi connectivity index (χ1) is 10.8. The van der Waals surface area contributed by atoms with Crippen molar-refractivity contribution in [3.63, 3.8) is 0 Å². The molecule has 3 rings (SSSR count). The van der Waals surface area contributed by atoms with Crippen LogP contribution < -0.4 is 5.73 Å². The summed E-state index contributed by atoms with van der Waals surface area (Å²) in [4.78, 5) is 29.2. The maximum absolute atomic E-state index is 10.7. The molecule has 1 aliphatic heterocycles. The molecule has 25 heavy (non-hydrogen) atoms. The van der Waals surface area contributed by atoms with E-state index in [4.69, 9.17) is 20.3 Å². The van der Waals surface area contributed by atoms with Crippen molar-refractivity contribution < 1.29 is 39.3 Å². The molecule has 15 heteroatoms. The van der Waals surface area contributed by atoms with Gasteiger partial charge in [0.1, 0.15) is 30.2 Å². The number of ether oxygens (including phenoxy) is 1. The minimum absolute atomic E-state index is 0. The van der Waals surface area contributed by atoms with Gasteiger partial charge in [0.15, 0.2) is 17.7 Å². The summed E-state index contributed by atoms with van der Waals surface area (Å²) in [6.45, 7) is -0.594. The monoisotopic (exact) mass is 388 g/mol. The quantitative estimate of drug-likeness (QED) is 0.261. The number of nitrogens with zero attached hydrogens (tertiary/aromatic N) is 4. The van der Waals surface area contributed by atoms with Gasteiger partial charge in [-0.1, -0.05) is 0 Å². The number of aliphatic hydroxyl groups excluding tert-OH is 2. The number of hydrogen-bond acceptors (Lipinski definition) is 9. The van der Waals surface area contributed by atoms with Crippen molar-refractivity contribution in [2.75, 3.05) is 12.3 Å². The summed E-state index contributed by atoms with van der Waals surface area (Å²) >= 11 is 0. The Bertz CT molecular complexity index is 771. The standard InChI is InChI=1S/C10H14N5O7P.Na.H2O/c11-8-5-9(13-2-12-8)15(3-14-5)10-7(17)6(16)4(22-10)1-21-23(18,19)20;;/h2-4,6-7,10,16-17H,1H2,(H2,11,12,13)(H2,18,19,20);;1H2/t4-,6-,7-,10-;;/m1../s1. The van der Waals surface area contributed by atoms with Gasteiger partial charge in [-0.25, -0.2) is 19.5 Å². The maximum atomic E-state index is 10.7. The number of nitrogens with two attached hydrogens (primary N) is 1. The molecular formula is C10H16N5NaO8P. The third kappa shape index (κ3) is 4.53. The maximum Gasteiger partial charge on any atom is 0.469 e. The van der Waals surface area contributed by atoms with E-state index in [0.29, 0.717) is 5.52 Å². The minimum Gasteiger partial charge on any atom is -0.412 e. The number of phosphoric ester groups is 1.